The summed E-state index contributed by atoms with van der Waals surface area (Å²) in [4.78, 5) is 0. The Kier molecular flexibility index (Phi) is 12.1. The third kappa shape index (κ3) is 10.6. The van der Waals surface area contributed by atoms with Gasteiger partial charge >= 0.3 is 0 Å². The van der Waals surface area contributed by atoms with E-state index < -0.39 is 0 Å². The number of hydrogen-bond acceptors (Lipinski definition) is 2. The van der Waals surface area contributed by atoms with Gasteiger partial charge in [0.1, 0.15) is 0 Å². The van der Waals surface area contributed by atoms with Crippen LogP contribution in [0.5, 0.6) is 0 Å². The minimum atomic E-state index is -0.382. The maximum Gasteiger partial charge on any atom is 0.0647 e. The third-order valence-electron chi connectivity index (χ3n) is 7.60. The molecule has 0 aliphatic heterocycles. The van der Waals surface area contributed by atoms with Crippen molar-refractivity contribution in [2.45, 2.75) is 165 Å². The van der Waals surface area contributed by atoms with E-state index in [0.717, 1.165) is 38.5 Å². The molecule has 2 nitrogen and oxygen atoms in total. The molecule has 0 aromatic heterocycles. The van der Waals surface area contributed by atoms with E-state index in [1.165, 1.54) is 116 Å². The first kappa shape index (κ1) is 24.2. The van der Waals surface area contributed by atoms with Gasteiger partial charge in [-0.3, -0.25) is 0 Å². The summed E-state index contributed by atoms with van der Waals surface area (Å²) in [6.07, 6.45) is 28.7. The lowest BCUT2D eigenvalue weighted by molar-refractivity contribution is 0.00411. The van der Waals surface area contributed by atoms with E-state index >= 15 is 0 Å². The molecule has 28 heavy (non-hydrogen) atoms. The summed E-state index contributed by atoms with van der Waals surface area (Å²) in [5.41, 5.74) is -0.763. The molecule has 0 radical (unpaired) electrons. The molecule has 0 aromatic carbocycles. The largest absolute Gasteiger partial charge is 0.390 e. The van der Waals surface area contributed by atoms with Gasteiger partial charge in [-0.05, 0) is 38.5 Å². The molecule has 3 aliphatic rings. The monoisotopic (exact) mass is 394 g/mol. The molecule has 2 heteroatoms. The van der Waals surface area contributed by atoms with Crippen molar-refractivity contribution >= 4 is 0 Å². The summed E-state index contributed by atoms with van der Waals surface area (Å²) < 4.78 is 0. The molecule has 0 atom stereocenters. The lowest BCUT2D eigenvalue weighted by Gasteiger charge is -2.30. The average Bonchev–Trinajstić information content (AvgIpc) is 2.67. The molecule has 0 aromatic rings. The van der Waals surface area contributed by atoms with Crippen molar-refractivity contribution in [2.24, 2.45) is 0 Å². The second kappa shape index (κ2) is 14.0. The molecule has 0 amide bonds. The van der Waals surface area contributed by atoms with E-state index in [9.17, 15) is 10.2 Å². The normalized spacial score (nSPS) is 34.5. The average molecular weight is 395 g/mol. The van der Waals surface area contributed by atoms with Crippen LogP contribution in [0, 0.1) is 0 Å². The highest BCUT2D eigenvalue weighted by Gasteiger charge is 2.27. The lowest BCUT2D eigenvalue weighted by Crippen LogP contribution is -2.29. The van der Waals surface area contributed by atoms with Crippen LogP contribution in [0.3, 0.4) is 0 Å². The summed E-state index contributed by atoms with van der Waals surface area (Å²) >= 11 is 0. The first-order valence-corrected chi connectivity index (χ1v) is 13.1. The molecular weight excluding hydrogens is 344 g/mol. The summed E-state index contributed by atoms with van der Waals surface area (Å²) in [5.74, 6) is 0. The van der Waals surface area contributed by atoms with Crippen LogP contribution in [0.2, 0.25) is 0 Å². The zero-order chi connectivity index (χ0) is 20.0. The Morgan fingerprint density at radius 3 is 0.571 bits per heavy atom. The maximum atomic E-state index is 11.3. The minimum Gasteiger partial charge on any atom is -0.390 e. The Morgan fingerprint density at radius 1 is 0.250 bits per heavy atom. The van der Waals surface area contributed by atoms with E-state index in [2.05, 4.69) is 0 Å². The highest BCUT2D eigenvalue weighted by molar-refractivity contribution is 4.80. The molecule has 3 fully saturated rings. The Morgan fingerprint density at radius 2 is 0.393 bits per heavy atom. The third-order valence-corrected chi connectivity index (χ3v) is 7.60. The summed E-state index contributed by atoms with van der Waals surface area (Å²) in [6.45, 7) is 0. The van der Waals surface area contributed by atoms with Crippen LogP contribution in [0.4, 0.5) is 0 Å². The van der Waals surface area contributed by atoms with Crippen LogP contribution in [0.25, 0.3) is 0 Å². The fraction of sp³-hybridized carbons (Fsp3) is 1.00. The van der Waals surface area contributed by atoms with Gasteiger partial charge in [0.2, 0.25) is 0 Å². The van der Waals surface area contributed by atoms with Crippen LogP contribution in [0.15, 0.2) is 0 Å². The van der Waals surface area contributed by atoms with Crippen molar-refractivity contribution in [3.05, 3.63) is 0 Å². The predicted octanol–water partition coefficient (Wildman–Crippen LogP) is 7.84. The smallest absolute Gasteiger partial charge is 0.0647 e. The molecule has 3 rings (SSSR count). The van der Waals surface area contributed by atoms with E-state index in [1.54, 1.807) is 0 Å². The Balaban J connectivity index is 1.99. The zero-order valence-corrected chi connectivity index (χ0v) is 18.9. The van der Waals surface area contributed by atoms with Gasteiger partial charge in [-0.2, -0.15) is 0 Å². The number of hydrogen-bond donors (Lipinski definition) is 2. The second-order valence-corrected chi connectivity index (χ2v) is 10.3. The van der Waals surface area contributed by atoms with Gasteiger partial charge in [-0.15, -0.1) is 0 Å². The van der Waals surface area contributed by atoms with E-state index in [4.69, 9.17) is 0 Å². The van der Waals surface area contributed by atoms with Crippen molar-refractivity contribution in [3.63, 3.8) is 0 Å². The van der Waals surface area contributed by atoms with Crippen LogP contribution < -0.4 is 0 Å². The Hall–Kier alpha value is -0.0800. The molecule has 3 aliphatic carbocycles. The molecule has 0 saturated heterocycles. The van der Waals surface area contributed by atoms with Crippen LogP contribution in [-0.4, -0.2) is 21.4 Å². The van der Waals surface area contributed by atoms with Crippen LogP contribution in [0.1, 0.15) is 154 Å². The number of fused-ring (bicyclic) bond motifs is 21. The second-order valence-electron chi connectivity index (χ2n) is 10.3. The first-order valence-electron chi connectivity index (χ1n) is 13.1. The molecule has 0 heterocycles. The SMILES string of the molecule is OC12CCCCCCCCC(O)(CCCCCCCC1)CCCCCCCC2. The molecule has 2 bridgehead atoms. The minimum absolute atomic E-state index is 0.382. The molecule has 0 spiro atoms. The summed E-state index contributed by atoms with van der Waals surface area (Å²) in [5, 5.41) is 22.5. The van der Waals surface area contributed by atoms with Crippen LogP contribution >= 0.6 is 0 Å². The Labute approximate surface area is 175 Å². The lowest BCUT2D eigenvalue weighted by atomic mass is 9.83. The highest BCUT2D eigenvalue weighted by atomic mass is 16.3. The van der Waals surface area contributed by atoms with Gasteiger partial charge in [0.05, 0.1) is 11.2 Å². The van der Waals surface area contributed by atoms with Crippen molar-refractivity contribution < 1.29 is 10.2 Å². The van der Waals surface area contributed by atoms with Crippen molar-refractivity contribution in [3.8, 4) is 0 Å². The Bertz CT molecular complexity index is 290. The molecule has 2 N–H and O–H groups in total. The zero-order valence-electron chi connectivity index (χ0n) is 18.9. The topological polar surface area (TPSA) is 40.5 Å². The van der Waals surface area contributed by atoms with Gasteiger partial charge in [0, 0.05) is 0 Å². The fourth-order valence-electron chi connectivity index (χ4n) is 5.60. The van der Waals surface area contributed by atoms with Gasteiger partial charge in [-0.1, -0.05) is 116 Å². The van der Waals surface area contributed by atoms with E-state index in [-0.39, 0.29) is 11.2 Å². The van der Waals surface area contributed by atoms with E-state index in [0.29, 0.717) is 0 Å². The standard InChI is InChI=1S/C26H50O2/c27-25-19-13-7-1-2-8-14-20-26(28,23-17-11-5-3-9-15-21-25)24-18-12-6-4-10-16-22-25/h27-28H,1-24H2. The van der Waals surface area contributed by atoms with E-state index in [1.807, 2.05) is 0 Å². The predicted molar refractivity (Wildman–Crippen MR) is 121 cm³/mol. The summed E-state index contributed by atoms with van der Waals surface area (Å²) in [7, 11) is 0. The van der Waals surface area contributed by atoms with Gasteiger partial charge < -0.3 is 10.2 Å². The van der Waals surface area contributed by atoms with Crippen molar-refractivity contribution in [2.75, 3.05) is 0 Å². The summed E-state index contributed by atoms with van der Waals surface area (Å²) in [6, 6.07) is 0. The molecular formula is C26H50O2. The van der Waals surface area contributed by atoms with Crippen LogP contribution in [-0.2, 0) is 0 Å². The van der Waals surface area contributed by atoms with Gasteiger partial charge in [0.25, 0.3) is 0 Å². The molecule has 166 valence electrons. The highest BCUT2D eigenvalue weighted by Crippen LogP contribution is 2.32. The number of aliphatic hydroxyl groups is 2. The van der Waals surface area contributed by atoms with Gasteiger partial charge in [0.15, 0.2) is 0 Å². The van der Waals surface area contributed by atoms with Gasteiger partial charge in [-0.25, -0.2) is 0 Å². The van der Waals surface area contributed by atoms with Crippen molar-refractivity contribution in [1.82, 2.24) is 0 Å². The number of rotatable bonds is 0. The quantitative estimate of drug-likeness (QED) is 0.439. The fourth-order valence-corrected chi connectivity index (χ4v) is 5.60. The molecule has 0 unspecified atom stereocenters. The van der Waals surface area contributed by atoms with Crippen molar-refractivity contribution in [1.29, 1.82) is 0 Å². The first-order chi connectivity index (χ1) is 13.6. The molecule has 3 saturated carbocycles. The maximum absolute atomic E-state index is 11.3.